The number of hydrogen-bond donors (Lipinski definition) is 0. The minimum absolute atomic E-state index is 0.191. The van der Waals surface area contributed by atoms with Crippen molar-refractivity contribution in [3.63, 3.8) is 0 Å². The van der Waals surface area contributed by atoms with Crippen molar-refractivity contribution in [1.82, 2.24) is 4.90 Å². The van der Waals surface area contributed by atoms with Gasteiger partial charge in [0.15, 0.2) is 12.4 Å². The number of rotatable bonds is 3. The van der Waals surface area contributed by atoms with Crippen molar-refractivity contribution in [2.24, 2.45) is 0 Å². The number of halogens is 1. The van der Waals surface area contributed by atoms with Crippen molar-refractivity contribution in [2.45, 2.75) is 26.6 Å². The maximum absolute atomic E-state index is 12.6. The van der Waals surface area contributed by atoms with E-state index in [1.807, 2.05) is 11.6 Å². The first kappa shape index (κ1) is 10.1. The van der Waals surface area contributed by atoms with Gasteiger partial charge < -0.3 is 0 Å². The lowest BCUT2D eigenvalue weighted by atomic mass is 10.4. The molecule has 3 heteroatoms. The van der Waals surface area contributed by atoms with Crippen LogP contribution in [0.2, 0.25) is 0 Å². The summed E-state index contributed by atoms with van der Waals surface area (Å²) in [6.45, 7) is 5.05. The van der Waals surface area contributed by atoms with Gasteiger partial charge in [0, 0.05) is 18.2 Å². The van der Waals surface area contributed by atoms with Crippen LogP contribution in [0.1, 0.15) is 13.8 Å². The van der Waals surface area contributed by atoms with E-state index >= 15 is 0 Å². The summed E-state index contributed by atoms with van der Waals surface area (Å²) in [5.74, 6) is -0.191. The third-order valence-corrected chi connectivity index (χ3v) is 2.12. The molecule has 72 valence electrons. The van der Waals surface area contributed by atoms with E-state index in [2.05, 4.69) is 18.7 Å². The summed E-state index contributed by atoms with van der Waals surface area (Å²) in [5, 5.41) is 0. The topological polar surface area (TPSA) is 7.12 Å². The normalized spacial score (nSPS) is 11.2. The molecular formula is C10H16FN2+. The molecule has 0 aromatic carbocycles. The van der Waals surface area contributed by atoms with Crippen molar-refractivity contribution in [3.05, 3.63) is 30.3 Å². The fraction of sp³-hybridized carbons (Fsp3) is 0.500. The zero-order valence-electron chi connectivity index (χ0n) is 8.37. The summed E-state index contributed by atoms with van der Waals surface area (Å²) in [6.07, 6.45) is 3.49. The van der Waals surface area contributed by atoms with Crippen LogP contribution >= 0.6 is 0 Å². The second-order valence-electron chi connectivity index (χ2n) is 3.52. The Hall–Kier alpha value is -0.960. The Morgan fingerprint density at radius 2 is 1.92 bits per heavy atom. The summed E-state index contributed by atoms with van der Waals surface area (Å²) in [7, 11) is 2.04. The first-order valence-electron chi connectivity index (χ1n) is 4.44. The van der Waals surface area contributed by atoms with Crippen molar-refractivity contribution in [3.8, 4) is 0 Å². The van der Waals surface area contributed by atoms with Crippen LogP contribution in [0.3, 0.4) is 0 Å². The quantitative estimate of drug-likeness (QED) is 0.643. The second-order valence-corrected chi connectivity index (χ2v) is 3.52. The van der Waals surface area contributed by atoms with Crippen molar-refractivity contribution >= 4 is 0 Å². The molecule has 1 heterocycles. The molecule has 0 atom stereocenters. The molecule has 0 saturated heterocycles. The summed E-state index contributed by atoms with van der Waals surface area (Å²) in [5.41, 5.74) is 0. The van der Waals surface area contributed by atoms with Crippen molar-refractivity contribution in [2.75, 3.05) is 7.05 Å². The Kier molecular flexibility index (Phi) is 3.37. The van der Waals surface area contributed by atoms with Gasteiger partial charge in [-0.1, -0.05) is 0 Å². The minimum Gasteiger partial charge on any atom is -0.249 e. The highest BCUT2D eigenvalue weighted by molar-refractivity contribution is 4.88. The van der Waals surface area contributed by atoms with Crippen LogP contribution in [0.15, 0.2) is 24.5 Å². The van der Waals surface area contributed by atoms with Crippen LogP contribution in [0.5, 0.6) is 0 Å². The van der Waals surface area contributed by atoms with Gasteiger partial charge in [-0.05, 0) is 20.9 Å². The van der Waals surface area contributed by atoms with Gasteiger partial charge in [-0.3, -0.25) is 0 Å². The fourth-order valence-electron chi connectivity index (χ4n) is 0.954. The molecule has 0 aliphatic heterocycles. The highest BCUT2D eigenvalue weighted by atomic mass is 19.1. The maximum atomic E-state index is 12.6. The standard InChI is InChI=1S/C10H16FN2/c1-9(2)12(3)8-13-6-4-10(11)5-7-13/h4-7,9H,8H2,1-3H3/q+1. The zero-order chi connectivity index (χ0) is 9.84. The van der Waals surface area contributed by atoms with Crippen LogP contribution in [-0.4, -0.2) is 18.0 Å². The lowest BCUT2D eigenvalue weighted by Gasteiger charge is -2.16. The second kappa shape index (κ2) is 4.33. The zero-order valence-corrected chi connectivity index (χ0v) is 8.37. The van der Waals surface area contributed by atoms with Gasteiger partial charge in [-0.15, -0.1) is 0 Å². The third kappa shape index (κ3) is 3.11. The highest BCUT2D eigenvalue weighted by Gasteiger charge is 2.08. The molecule has 0 saturated carbocycles. The van der Waals surface area contributed by atoms with Crippen molar-refractivity contribution < 1.29 is 8.96 Å². The summed E-state index contributed by atoms with van der Waals surface area (Å²) in [4.78, 5) is 2.18. The van der Waals surface area contributed by atoms with Gasteiger partial charge in [-0.2, -0.15) is 4.57 Å². The molecule has 0 fully saturated rings. The van der Waals surface area contributed by atoms with Crippen LogP contribution in [0.4, 0.5) is 4.39 Å². The van der Waals surface area contributed by atoms with Gasteiger partial charge in [-0.25, -0.2) is 9.29 Å². The molecule has 0 radical (unpaired) electrons. The molecule has 0 aliphatic carbocycles. The average molecular weight is 183 g/mol. The van der Waals surface area contributed by atoms with Crippen LogP contribution in [0, 0.1) is 5.82 Å². The Bertz CT molecular complexity index is 256. The van der Waals surface area contributed by atoms with Gasteiger partial charge in [0.05, 0.1) is 0 Å². The molecule has 0 spiro atoms. The number of pyridine rings is 1. The van der Waals surface area contributed by atoms with E-state index in [9.17, 15) is 4.39 Å². The number of hydrogen-bond acceptors (Lipinski definition) is 1. The Morgan fingerprint density at radius 1 is 1.38 bits per heavy atom. The van der Waals surface area contributed by atoms with E-state index < -0.39 is 0 Å². The summed E-state index contributed by atoms with van der Waals surface area (Å²) >= 11 is 0. The molecule has 1 aromatic rings. The van der Waals surface area contributed by atoms with Crippen molar-refractivity contribution in [1.29, 1.82) is 0 Å². The predicted molar refractivity (Wildman–Crippen MR) is 49.5 cm³/mol. The van der Waals surface area contributed by atoms with E-state index in [4.69, 9.17) is 0 Å². The lowest BCUT2D eigenvalue weighted by molar-refractivity contribution is -0.716. The van der Waals surface area contributed by atoms with Gasteiger partial charge in [0.2, 0.25) is 6.67 Å². The fourth-order valence-corrected chi connectivity index (χ4v) is 0.954. The van der Waals surface area contributed by atoms with E-state index in [1.165, 1.54) is 12.1 Å². The molecule has 0 N–H and O–H groups in total. The van der Waals surface area contributed by atoms with Gasteiger partial charge in [0.25, 0.3) is 0 Å². The van der Waals surface area contributed by atoms with Crippen LogP contribution in [0.25, 0.3) is 0 Å². The van der Waals surface area contributed by atoms with E-state index in [0.717, 1.165) is 6.67 Å². The third-order valence-electron chi connectivity index (χ3n) is 2.12. The van der Waals surface area contributed by atoms with Crippen LogP contribution in [-0.2, 0) is 6.67 Å². The summed E-state index contributed by atoms with van der Waals surface area (Å²) < 4.78 is 14.5. The molecule has 0 aliphatic rings. The molecule has 0 unspecified atom stereocenters. The Labute approximate surface area is 78.6 Å². The lowest BCUT2D eigenvalue weighted by Crippen LogP contribution is -2.44. The first-order valence-corrected chi connectivity index (χ1v) is 4.44. The van der Waals surface area contributed by atoms with Gasteiger partial charge in [0.1, 0.15) is 5.82 Å². The predicted octanol–water partition coefficient (Wildman–Crippen LogP) is 1.41. The molecule has 2 nitrogen and oxygen atoms in total. The molecular weight excluding hydrogens is 167 g/mol. The average Bonchev–Trinajstić information content (AvgIpc) is 2.08. The Balaban J connectivity index is 2.59. The van der Waals surface area contributed by atoms with E-state index in [-0.39, 0.29) is 5.82 Å². The van der Waals surface area contributed by atoms with E-state index in [0.29, 0.717) is 6.04 Å². The molecule has 0 bridgehead atoms. The smallest absolute Gasteiger partial charge is 0.204 e. The van der Waals surface area contributed by atoms with E-state index in [1.54, 1.807) is 12.4 Å². The largest absolute Gasteiger partial charge is 0.249 e. The van der Waals surface area contributed by atoms with Gasteiger partial charge >= 0.3 is 0 Å². The molecule has 1 rings (SSSR count). The monoisotopic (exact) mass is 183 g/mol. The first-order chi connectivity index (χ1) is 6.09. The minimum atomic E-state index is -0.191. The SMILES string of the molecule is CC(C)N(C)C[n+]1ccc(F)cc1. The van der Waals surface area contributed by atoms with Crippen LogP contribution < -0.4 is 4.57 Å². The number of nitrogens with zero attached hydrogens (tertiary/aromatic N) is 2. The summed E-state index contributed by atoms with van der Waals surface area (Å²) in [6, 6.07) is 3.43. The highest BCUT2D eigenvalue weighted by Crippen LogP contribution is 1.93. The number of aromatic nitrogens is 1. The molecule has 13 heavy (non-hydrogen) atoms. The Morgan fingerprint density at radius 3 is 2.38 bits per heavy atom. The molecule has 0 amide bonds. The maximum Gasteiger partial charge on any atom is 0.204 e. The molecule has 1 aromatic heterocycles.